The van der Waals surface area contributed by atoms with E-state index in [-0.39, 0.29) is 0 Å². The Hall–Kier alpha value is -0.580. The second-order valence-electron chi connectivity index (χ2n) is 6.42. The molecule has 112 valence electrons. The van der Waals surface area contributed by atoms with Crippen molar-refractivity contribution in [1.82, 2.24) is 10.2 Å². The van der Waals surface area contributed by atoms with Gasteiger partial charge in [0.1, 0.15) is 12.4 Å². The summed E-state index contributed by atoms with van der Waals surface area (Å²) >= 11 is 3.44. The summed E-state index contributed by atoms with van der Waals surface area (Å²) in [5.74, 6) is 0.940. The van der Waals surface area contributed by atoms with Gasteiger partial charge in [0.05, 0.1) is 0 Å². The van der Waals surface area contributed by atoms with E-state index in [1.54, 1.807) is 0 Å². The van der Waals surface area contributed by atoms with Crippen molar-refractivity contribution in [2.24, 2.45) is 5.41 Å². The molecule has 1 heterocycles. The summed E-state index contributed by atoms with van der Waals surface area (Å²) in [6.07, 6.45) is 0. The maximum atomic E-state index is 5.84. The number of rotatable bonds is 4. The molecule has 1 aromatic rings. The Balaban J connectivity index is 1.84. The van der Waals surface area contributed by atoms with Crippen LogP contribution in [-0.4, -0.2) is 43.7 Å². The van der Waals surface area contributed by atoms with Gasteiger partial charge in [-0.15, -0.1) is 0 Å². The number of hydrogen-bond donors (Lipinski definition) is 1. The van der Waals surface area contributed by atoms with E-state index in [0.717, 1.165) is 43.0 Å². The lowest BCUT2D eigenvalue weighted by molar-refractivity contribution is 0.0630. The first kappa shape index (κ1) is 15.8. The number of nitrogens with one attached hydrogen (secondary N) is 1. The monoisotopic (exact) mass is 340 g/mol. The standard InChI is InChI=1S/C16H25BrN2O/c1-16(2,3)15-12-18-8-9-19(15)10-11-20-14-6-4-13(17)5-7-14/h4-7,15,18H,8-12H2,1-3H3. The Labute approximate surface area is 130 Å². The molecule has 1 aliphatic rings. The van der Waals surface area contributed by atoms with Gasteiger partial charge in [-0.05, 0) is 29.7 Å². The van der Waals surface area contributed by atoms with Crippen LogP contribution >= 0.6 is 15.9 Å². The SMILES string of the molecule is CC(C)(C)C1CNCCN1CCOc1ccc(Br)cc1. The molecule has 1 saturated heterocycles. The normalized spacial score (nSPS) is 20.9. The minimum atomic E-state index is 0.297. The van der Waals surface area contributed by atoms with Gasteiger partial charge in [0.15, 0.2) is 0 Å². The molecule has 1 fully saturated rings. The molecule has 1 aromatic carbocycles. The highest BCUT2D eigenvalue weighted by Crippen LogP contribution is 2.25. The number of hydrogen-bond acceptors (Lipinski definition) is 3. The number of benzene rings is 1. The molecule has 0 bridgehead atoms. The lowest BCUT2D eigenvalue weighted by atomic mass is 9.84. The average Bonchev–Trinajstić information content (AvgIpc) is 2.40. The second kappa shape index (κ2) is 6.92. The lowest BCUT2D eigenvalue weighted by Crippen LogP contribution is -2.57. The van der Waals surface area contributed by atoms with Crippen molar-refractivity contribution in [2.75, 3.05) is 32.8 Å². The third kappa shape index (κ3) is 4.47. The molecule has 2 rings (SSSR count). The van der Waals surface area contributed by atoms with Crippen LogP contribution in [0.5, 0.6) is 5.75 Å². The predicted molar refractivity (Wildman–Crippen MR) is 87.3 cm³/mol. The molecule has 4 heteroatoms. The highest BCUT2D eigenvalue weighted by molar-refractivity contribution is 9.10. The molecule has 0 radical (unpaired) electrons. The third-order valence-electron chi connectivity index (χ3n) is 3.81. The highest BCUT2D eigenvalue weighted by atomic mass is 79.9. The van der Waals surface area contributed by atoms with Crippen LogP contribution in [0.1, 0.15) is 20.8 Å². The Kier molecular flexibility index (Phi) is 5.47. The van der Waals surface area contributed by atoms with Crippen LogP contribution in [0.4, 0.5) is 0 Å². The van der Waals surface area contributed by atoms with E-state index in [1.807, 2.05) is 24.3 Å². The van der Waals surface area contributed by atoms with Crippen molar-refractivity contribution in [3.05, 3.63) is 28.7 Å². The van der Waals surface area contributed by atoms with Crippen LogP contribution in [0.3, 0.4) is 0 Å². The summed E-state index contributed by atoms with van der Waals surface area (Å²) in [5, 5.41) is 3.50. The van der Waals surface area contributed by atoms with E-state index in [9.17, 15) is 0 Å². The Bertz CT molecular complexity index is 413. The molecule has 0 amide bonds. The Morgan fingerprint density at radius 3 is 2.65 bits per heavy atom. The third-order valence-corrected chi connectivity index (χ3v) is 4.34. The molecule has 20 heavy (non-hydrogen) atoms. The van der Waals surface area contributed by atoms with Crippen LogP contribution in [0.25, 0.3) is 0 Å². The second-order valence-corrected chi connectivity index (χ2v) is 7.34. The summed E-state index contributed by atoms with van der Waals surface area (Å²) in [6.45, 7) is 11.9. The summed E-state index contributed by atoms with van der Waals surface area (Å²) in [7, 11) is 0. The number of ether oxygens (including phenoxy) is 1. The molecule has 0 saturated carbocycles. The zero-order valence-corrected chi connectivity index (χ0v) is 14.2. The Morgan fingerprint density at radius 2 is 2.00 bits per heavy atom. The van der Waals surface area contributed by atoms with Crippen molar-refractivity contribution in [3.8, 4) is 5.75 Å². The molecule has 0 spiro atoms. The quantitative estimate of drug-likeness (QED) is 0.911. The van der Waals surface area contributed by atoms with Crippen molar-refractivity contribution in [2.45, 2.75) is 26.8 Å². The van der Waals surface area contributed by atoms with Crippen LogP contribution in [0, 0.1) is 5.41 Å². The summed E-state index contributed by atoms with van der Waals surface area (Å²) < 4.78 is 6.92. The van der Waals surface area contributed by atoms with Gasteiger partial charge in [-0.1, -0.05) is 36.7 Å². The topological polar surface area (TPSA) is 24.5 Å². The molecule has 3 nitrogen and oxygen atoms in total. The maximum absolute atomic E-state index is 5.84. The van der Waals surface area contributed by atoms with Crippen molar-refractivity contribution < 1.29 is 4.74 Å². The van der Waals surface area contributed by atoms with E-state index < -0.39 is 0 Å². The van der Waals surface area contributed by atoms with E-state index in [0.29, 0.717) is 11.5 Å². The van der Waals surface area contributed by atoms with Gasteiger partial charge in [0.2, 0.25) is 0 Å². The fourth-order valence-electron chi connectivity index (χ4n) is 2.68. The van der Waals surface area contributed by atoms with Gasteiger partial charge in [0.25, 0.3) is 0 Å². The number of nitrogens with zero attached hydrogens (tertiary/aromatic N) is 1. The van der Waals surface area contributed by atoms with Gasteiger partial charge >= 0.3 is 0 Å². The van der Waals surface area contributed by atoms with Gasteiger partial charge in [-0.3, -0.25) is 4.90 Å². The Morgan fingerprint density at radius 1 is 1.30 bits per heavy atom. The molecule has 1 aliphatic heterocycles. The molecule has 1 atom stereocenters. The minimum absolute atomic E-state index is 0.297. The van der Waals surface area contributed by atoms with Crippen LogP contribution in [0.2, 0.25) is 0 Å². The number of piperazine rings is 1. The van der Waals surface area contributed by atoms with E-state index in [1.165, 1.54) is 0 Å². The van der Waals surface area contributed by atoms with E-state index in [2.05, 4.69) is 46.9 Å². The first-order chi connectivity index (χ1) is 9.47. The summed E-state index contributed by atoms with van der Waals surface area (Å²) in [4.78, 5) is 2.55. The molecule has 0 aliphatic carbocycles. The van der Waals surface area contributed by atoms with Crippen LogP contribution in [0.15, 0.2) is 28.7 Å². The molecule has 0 aromatic heterocycles. The van der Waals surface area contributed by atoms with Crippen molar-refractivity contribution in [1.29, 1.82) is 0 Å². The fraction of sp³-hybridized carbons (Fsp3) is 0.625. The molecular weight excluding hydrogens is 316 g/mol. The summed E-state index contributed by atoms with van der Waals surface area (Å²) in [6, 6.07) is 8.60. The minimum Gasteiger partial charge on any atom is -0.492 e. The average molecular weight is 341 g/mol. The fourth-order valence-corrected chi connectivity index (χ4v) is 2.94. The van der Waals surface area contributed by atoms with E-state index in [4.69, 9.17) is 4.74 Å². The number of halogens is 1. The van der Waals surface area contributed by atoms with Gasteiger partial charge in [-0.25, -0.2) is 0 Å². The first-order valence-corrected chi connectivity index (χ1v) is 8.09. The first-order valence-electron chi connectivity index (χ1n) is 7.30. The smallest absolute Gasteiger partial charge is 0.119 e. The lowest BCUT2D eigenvalue weighted by Gasteiger charge is -2.43. The zero-order valence-electron chi connectivity index (χ0n) is 12.7. The molecule has 1 N–H and O–H groups in total. The highest BCUT2D eigenvalue weighted by Gasteiger charge is 2.31. The van der Waals surface area contributed by atoms with Crippen LogP contribution < -0.4 is 10.1 Å². The van der Waals surface area contributed by atoms with Gasteiger partial charge in [0, 0.05) is 36.7 Å². The zero-order chi connectivity index (χ0) is 14.6. The largest absolute Gasteiger partial charge is 0.492 e. The summed E-state index contributed by atoms with van der Waals surface area (Å²) in [5.41, 5.74) is 0.297. The van der Waals surface area contributed by atoms with Gasteiger partial charge in [-0.2, -0.15) is 0 Å². The van der Waals surface area contributed by atoms with Crippen molar-refractivity contribution >= 4 is 15.9 Å². The van der Waals surface area contributed by atoms with Gasteiger partial charge < -0.3 is 10.1 Å². The molecule has 1 unspecified atom stereocenters. The van der Waals surface area contributed by atoms with Crippen LogP contribution in [-0.2, 0) is 0 Å². The van der Waals surface area contributed by atoms with Crippen molar-refractivity contribution in [3.63, 3.8) is 0 Å². The van der Waals surface area contributed by atoms with E-state index >= 15 is 0 Å². The molecular formula is C16H25BrN2O. The predicted octanol–water partition coefficient (Wildman–Crippen LogP) is 3.15. The maximum Gasteiger partial charge on any atom is 0.119 e.